The van der Waals surface area contributed by atoms with Gasteiger partial charge in [-0.1, -0.05) is 0 Å². The first-order valence-electron chi connectivity index (χ1n) is 4.53. The summed E-state index contributed by atoms with van der Waals surface area (Å²) in [4.78, 5) is 14.7. The molecule has 1 aromatic rings. The van der Waals surface area contributed by atoms with Crippen LogP contribution in [0.5, 0.6) is 0 Å². The Morgan fingerprint density at radius 1 is 1.62 bits per heavy atom. The Balaban J connectivity index is 2.54. The second-order valence-electron chi connectivity index (χ2n) is 3.19. The molecule has 3 N–H and O–H groups in total. The van der Waals surface area contributed by atoms with Crippen LogP contribution in [0.15, 0.2) is 11.0 Å². The van der Waals surface area contributed by atoms with E-state index >= 15 is 0 Å². The van der Waals surface area contributed by atoms with E-state index < -0.39 is 29.8 Å². The predicted molar refractivity (Wildman–Crippen MR) is 49.8 cm³/mol. The highest BCUT2D eigenvalue weighted by Gasteiger charge is 2.39. The second kappa shape index (κ2) is 3.81. The fraction of sp³-hybridized carbons (Fsp3) is 0.500. The quantitative estimate of drug-likeness (QED) is 0.650. The molecule has 2 rings (SSSR count). The molecule has 16 heavy (non-hydrogen) atoms. The molecule has 1 aliphatic heterocycles. The van der Waals surface area contributed by atoms with Gasteiger partial charge in [-0.3, -0.25) is 0 Å². The Labute approximate surface area is 89.2 Å². The number of nitrogen functional groups attached to an aromatic ring is 1. The predicted octanol–water partition coefficient (Wildman–Crippen LogP) is -1.39. The maximum absolute atomic E-state index is 13.2. The Morgan fingerprint density at radius 2 is 2.25 bits per heavy atom. The van der Waals surface area contributed by atoms with E-state index in [2.05, 4.69) is 4.98 Å². The molecule has 1 aliphatic rings. The number of aliphatic hydroxyl groups excluding tert-OH is 1. The molecule has 0 atom stereocenters. The molecule has 0 aromatic carbocycles. The summed E-state index contributed by atoms with van der Waals surface area (Å²) in [5.74, 6) is -3.09. The monoisotopic (exact) mass is 231 g/mol. The highest BCUT2D eigenvalue weighted by Crippen LogP contribution is 2.23. The van der Waals surface area contributed by atoms with Crippen LogP contribution >= 0.6 is 0 Å². The van der Waals surface area contributed by atoms with E-state index in [0.717, 1.165) is 10.8 Å². The number of hydrogen-bond donors (Lipinski definition) is 2. The van der Waals surface area contributed by atoms with E-state index in [4.69, 9.17) is 20.3 Å². The average molecular weight is 231 g/mol. The minimum absolute atomic E-state index is 0.193. The minimum atomic E-state index is -1.70. The topological polar surface area (TPSA) is 99.6 Å². The van der Waals surface area contributed by atoms with Crippen LogP contribution in [0.1, 0.15) is 0 Å². The van der Waals surface area contributed by atoms with E-state index in [1.165, 1.54) is 0 Å². The molecule has 0 radical (unpaired) electrons. The third-order valence-electron chi connectivity index (χ3n) is 2.21. The molecule has 0 unspecified atom stereocenters. The number of aliphatic hydroxyl groups is 1. The van der Waals surface area contributed by atoms with Crippen molar-refractivity contribution in [3.63, 3.8) is 0 Å². The number of aromatic nitrogens is 2. The van der Waals surface area contributed by atoms with Gasteiger partial charge in [-0.25, -0.2) is 13.8 Å². The first kappa shape index (κ1) is 11.0. The smallest absolute Gasteiger partial charge is 0.354 e. The second-order valence-corrected chi connectivity index (χ2v) is 3.19. The molecular formula is C8H10FN3O4. The largest absolute Gasteiger partial charge is 0.389 e. The van der Waals surface area contributed by atoms with Crippen LogP contribution in [0.4, 0.5) is 10.2 Å². The zero-order chi connectivity index (χ0) is 11.8. The van der Waals surface area contributed by atoms with Crippen molar-refractivity contribution in [2.45, 2.75) is 5.91 Å². The lowest BCUT2D eigenvalue weighted by Crippen LogP contribution is -2.46. The van der Waals surface area contributed by atoms with Crippen LogP contribution in [0.3, 0.4) is 0 Å². The van der Waals surface area contributed by atoms with E-state index in [1.807, 2.05) is 0 Å². The zero-order valence-electron chi connectivity index (χ0n) is 8.22. The maximum Gasteiger partial charge on any atom is 0.354 e. The Bertz CT molecular complexity index is 455. The van der Waals surface area contributed by atoms with Crippen LogP contribution in [-0.4, -0.2) is 34.5 Å². The lowest BCUT2D eigenvalue weighted by atomic mass is 10.4. The van der Waals surface area contributed by atoms with Crippen molar-refractivity contribution in [1.29, 1.82) is 0 Å². The summed E-state index contributed by atoms with van der Waals surface area (Å²) in [6, 6.07) is 0. The highest BCUT2D eigenvalue weighted by atomic mass is 19.1. The van der Waals surface area contributed by atoms with Crippen molar-refractivity contribution in [2.75, 3.05) is 25.6 Å². The molecule has 2 heterocycles. The molecule has 1 aromatic heterocycles. The number of halogens is 1. The van der Waals surface area contributed by atoms with Crippen LogP contribution < -0.4 is 11.4 Å². The van der Waals surface area contributed by atoms with E-state index in [-0.39, 0.29) is 13.2 Å². The summed E-state index contributed by atoms with van der Waals surface area (Å²) in [6.45, 7) is -0.240. The Hall–Kier alpha value is -1.51. The van der Waals surface area contributed by atoms with Crippen molar-refractivity contribution in [3.05, 3.63) is 22.5 Å². The van der Waals surface area contributed by atoms with Crippen molar-refractivity contribution in [1.82, 2.24) is 9.55 Å². The molecule has 1 fully saturated rings. The molecule has 0 amide bonds. The van der Waals surface area contributed by atoms with Gasteiger partial charge in [0.15, 0.2) is 11.6 Å². The van der Waals surface area contributed by atoms with Crippen molar-refractivity contribution in [2.24, 2.45) is 0 Å². The normalized spacial score (nSPS) is 18.9. The lowest BCUT2D eigenvalue weighted by molar-refractivity contribution is -0.247. The van der Waals surface area contributed by atoms with Crippen LogP contribution in [-0.2, 0) is 15.4 Å². The zero-order valence-corrected chi connectivity index (χ0v) is 8.22. The Kier molecular flexibility index (Phi) is 2.62. The fourth-order valence-corrected chi connectivity index (χ4v) is 1.44. The molecule has 88 valence electrons. The van der Waals surface area contributed by atoms with Crippen LogP contribution in [0.25, 0.3) is 0 Å². The lowest BCUT2D eigenvalue weighted by Gasteiger charge is -2.26. The number of anilines is 1. The summed E-state index contributed by atoms with van der Waals surface area (Å²) in [5, 5.41) is 9.16. The van der Waals surface area contributed by atoms with Gasteiger partial charge in [-0.05, 0) is 0 Å². The van der Waals surface area contributed by atoms with Gasteiger partial charge in [0, 0.05) is 0 Å². The van der Waals surface area contributed by atoms with Crippen LogP contribution in [0.2, 0.25) is 0 Å². The van der Waals surface area contributed by atoms with Gasteiger partial charge < -0.3 is 20.3 Å². The molecule has 0 saturated carbocycles. The van der Waals surface area contributed by atoms with Crippen molar-refractivity contribution >= 4 is 5.82 Å². The first-order valence-corrected chi connectivity index (χ1v) is 4.53. The summed E-state index contributed by atoms with van der Waals surface area (Å²) < 4.78 is 24.1. The Morgan fingerprint density at radius 3 is 2.81 bits per heavy atom. The van der Waals surface area contributed by atoms with Gasteiger partial charge in [-0.2, -0.15) is 4.98 Å². The van der Waals surface area contributed by atoms with E-state index in [1.54, 1.807) is 0 Å². The molecule has 0 bridgehead atoms. The van der Waals surface area contributed by atoms with Crippen molar-refractivity contribution in [3.8, 4) is 0 Å². The molecule has 0 aliphatic carbocycles. The van der Waals surface area contributed by atoms with Crippen LogP contribution in [0, 0.1) is 5.82 Å². The molecular weight excluding hydrogens is 221 g/mol. The number of rotatable bonds is 2. The molecule has 7 nitrogen and oxygen atoms in total. The number of nitrogens with two attached hydrogens (primary N) is 1. The average Bonchev–Trinajstić information content (AvgIpc) is 2.73. The molecule has 8 heteroatoms. The summed E-state index contributed by atoms with van der Waals surface area (Å²) in [5.41, 5.74) is 4.28. The standard InChI is InChI=1S/C8H10FN3O4/c9-5-3-12(7(14)11-6(5)10)8(4-13)15-1-2-16-8/h3,13H,1-2,4H2,(H2,10,11,14). The van der Waals surface area contributed by atoms with Gasteiger partial charge in [0.1, 0.15) is 6.61 Å². The fourth-order valence-electron chi connectivity index (χ4n) is 1.44. The first-order chi connectivity index (χ1) is 7.59. The summed E-state index contributed by atoms with van der Waals surface area (Å²) in [7, 11) is 0. The van der Waals surface area contributed by atoms with E-state index in [9.17, 15) is 9.18 Å². The summed E-state index contributed by atoms with van der Waals surface area (Å²) >= 11 is 0. The third kappa shape index (κ3) is 1.56. The van der Waals surface area contributed by atoms with Gasteiger partial charge in [-0.15, -0.1) is 0 Å². The SMILES string of the molecule is Nc1nc(=O)n(C2(CO)OCCO2)cc1F. The molecule has 0 spiro atoms. The third-order valence-corrected chi connectivity index (χ3v) is 2.21. The van der Waals surface area contributed by atoms with Gasteiger partial charge in [0.05, 0.1) is 19.4 Å². The minimum Gasteiger partial charge on any atom is -0.389 e. The molecule has 1 saturated heterocycles. The van der Waals surface area contributed by atoms with Crippen molar-refractivity contribution < 1.29 is 19.0 Å². The maximum atomic E-state index is 13.2. The van der Waals surface area contributed by atoms with Gasteiger partial charge in [0.2, 0.25) is 0 Å². The van der Waals surface area contributed by atoms with Gasteiger partial charge >= 0.3 is 5.69 Å². The van der Waals surface area contributed by atoms with Gasteiger partial charge in [0.25, 0.3) is 5.91 Å². The summed E-state index contributed by atoms with van der Waals surface area (Å²) in [6.07, 6.45) is 0.798. The number of ether oxygens (including phenoxy) is 2. The van der Waals surface area contributed by atoms with E-state index in [0.29, 0.717) is 0 Å². The number of hydrogen-bond acceptors (Lipinski definition) is 6. The number of nitrogens with zero attached hydrogens (tertiary/aromatic N) is 2. The highest BCUT2D eigenvalue weighted by molar-refractivity contribution is 5.26.